The molecule has 1 aliphatic heterocycles. The molecule has 0 N–H and O–H groups in total. The number of sulfone groups is 1. The highest BCUT2D eigenvalue weighted by Gasteiger charge is 2.27. The third kappa shape index (κ3) is 6.62. The van der Waals surface area contributed by atoms with Crippen molar-refractivity contribution in [1.82, 2.24) is 4.90 Å². The predicted molar refractivity (Wildman–Crippen MR) is 109 cm³/mol. The van der Waals surface area contributed by atoms with E-state index in [1.807, 2.05) is 23.9 Å². The minimum Gasteiger partial charge on any atom is -0.339 e. The van der Waals surface area contributed by atoms with Crippen molar-refractivity contribution in [2.75, 3.05) is 18.6 Å². The number of thioether (sulfide) groups is 1. The van der Waals surface area contributed by atoms with E-state index in [9.17, 15) is 13.2 Å². The molecule has 0 aromatic heterocycles. The number of hydrogen-bond donors (Lipinski definition) is 0. The normalized spacial score (nSPS) is 18.8. The van der Waals surface area contributed by atoms with Crippen molar-refractivity contribution in [2.24, 2.45) is 0 Å². The molecule has 1 aromatic rings. The van der Waals surface area contributed by atoms with Crippen LogP contribution in [0.2, 0.25) is 0 Å². The zero-order valence-electron chi connectivity index (χ0n) is 16.3. The molecule has 0 unspecified atom stereocenters. The molecule has 0 spiro atoms. The minimum absolute atomic E-state index is 0.216. The third-order valence-corrected chi connectivity index (χ3v) is 7.18. The van der Waals surface area contributed by atoms with E-state index in [1.54, 1.807) is 12.1 Å². The molecule has 1 atom stereocenters. The second-order valence-corrected chi connectivity index (χ2v) is 11.9. The number of piperidine rings is 1. The number of hydrogen-bond acceptors (Lipinski definition) is 4. The van der Waals surface area contributed by atoms with Crippen LogP contribution in [0.3, 0.4) is 0 Å². The monoisotopic (exact) mass is 397 g/mol. The fraction of sp³-hybridized carbons (Fsp3) is 0.650. The number of likely N-dealkylation sites (tertiary alicyclic amines) is 1. The van der Waals surface area contributed by atoms with E-state index in [0.29, 0.717) is 23.8 Å². The summed E-state index contributed by atoms with van der Waals surface area (Å²) in [5.41, 5.74) is 1.00. The molecule has 0 saturated carbocycles. The lowest BCUT2D eigenvalue weighted by molar-refractivity contribution is -0.134. The van der Waals surface area contributed by atoms with E-state index in [-0.39, 0.29) is 10.7 Å². The lowest BCUT2D eigenvalue weighted by Gasteiger charge is -2.37. The Morgan fingerprint density at radius 2 is 1.85 bits per heavy atom. The lowest BCUT2D eigenvalue weighted by atomic mass is 10.0. The van der Waals surface area contributed by atoms with Gasteiger partial charge in [0.25, 0.3) is 0 Å². The van der Waals surface area contributed by atoms with Crippen molar-refractivity contribution in [3.05, 3.63) is 29.8 Å². The summed E-state index contributed by atoms with van der Waals surface area (Å²) < 4.78 is 23.3. The highest BCUT2D eigenvalue weighted by Crippen LogP contribution is 2.29. The first-order valence-corrected chi connectivity index (χ1v) is 12.2. The second-order valence-electron chi connectivity index (χ2n) is 8.08. The number of rotatable bonds is 6. The average molecular weight is 398 g/mol. The Morgan fingerprint density at radius 1 is 1.19 bits per heavy atom. The Morgan fingerprint density at radius 3 is 2.42 bits per heavy atom. The van der Waals surface area contributed by atoms with Gasteiger partial charge in [0.1, 0.15) is 0 Å². The Kier molecular flexibility index (Phi) is 7.19. The van der Waals surface area contributed by atoms with Gasteiger partial charge in [0.2, 0.25) is 5.91 Å². The molecule has 4 nitrogen and oxygen atoms in total. The summed E-state index contributed by atoms with van der Waals surface area (Å²) in [5, 5.41) is 0. The molecule has 1 amide bonds. The molecule has 1 aliphatic rings. The molecular formula is C20H31NO3S2. The van der Waals surface area contributed by atoms with E-state index in [1.165, 1.54) is 12.7 Å². The molecule has 6 heteroatoms. The SMILES string of the molecule is CC(C)(C)SC[C@H]1CCCCN1C(=O)CCc1ccc(S(C)(=O)=O)cc1. The van der Waals surface area contributed by atoms with Crippen LogP contribution in [0.15, 0.2) is 29.2 Å². The zero-order chi connectivity index (χ0) is 19.4. The highest BCUT2D eigenvalue weighted by atomic mass is 32.2. The summed E-state index contributed by atoms with van der Waals surface area (Å²) in [7, 11) is -3.17. The first-order chi connectivity index (χ1) is 12.1. The Labute approximate surface area is 162 Å². The number of carbonyl (C=O) groups is 1. The van der Waals surface area contributed by atoms with Crippen molar-refractivity contribution in [3.63, 3.8) is 0 Å². The van der Waals surface area contributed by atoms with E-state index >= 15 is 0 Å². The van der Waals surface area contributed by atoms with Crippen molar-refractivity contribution >= 4 is 27.5 Å². The van der Waals surface area contributed by atoms with Gasteiger partial charge < -0.3 is 4.90 Å². The molecule has 146 valence electrons. The quantitative estimate of drug-likeness (QED) is 0.730. The first-order valence-electron chi connectivity index (χ1n) is 9.29. The van der Waals surface area contributed by atoms with Gasteiger partial charge in [-0.1, -0.05) is 32.9 Å². The van der Waals surface area contributed by atoms with Gasteiger partial charge >= 0.3 is 0 Å². The van der Waals surface area contributed by atoms with Crippen molar-refractivity contribution in [3.8, 4) is 0 Å². The van der Waals surface area contributed by atoms with Crippen LogP contribution in [0.4, 0.5) is 0 Å². The number of nitrogens with zero attached hydrogens (tertiary/aromatic N) is 1. The van der Waals surface area contributed by atoms with E-state index in [0.717, 1.165) is 30.7 Å². The summed E-state index contributed by atoms with van der Waals surface area (Å²) in [5.74, 6) is 1.22. The average Bonchev–Trinajstić information content (AvgIpc) is 2.57. The molecular weight excluding hydrogens is 366 g/mol. The number of amides is 1. The molecule has 1 fully saturated rings. The van der Waals surface area contributed by atoms with Gasteiger partial charge in [-0.15, -0.1) is 0 Å². The van der Waals surface area contributed by atoms with Gasteiger partial charge in [0, 0.05) is 35.8 Å². The van der Waals surface area contributed by atoms with Crippen molar-refractivity contribution in [2.45, 2.75) is 68.6 Å². The van der Waals surface area contributed by atoms with E-state index in [2.05, 4.69) is 25.7 Å². The molecule has 1 saturated heterocycles. The predicted octanol–water partition coefficient (Wildman–Crippen LogP) is 3.94. The van der Waals surface area contributed by atoms with E-state index in [4.69, 9.17) is 0 Å². The van der Waals surface area contributed by atoms with Crippen molar-refractivity contribution in [1.29, 1.82) is 0 Å². The minimum atomic E-state index is -3.17. The fourth-order valence-corrected chi connectivity index (χ4v) is 4.82. The lowest BCUT2D eigenvalue weighted by Crippen LogP contribution is -2.45. The Hall–Kier alpha value is -1.01. The Balaban J connectivity index is 1.92. The van der Waals surface area contributed by atoms with Gasteiger partial charge in [0.05, 0.1) is 4.90 Å². The van der Waals surface area contributed by atoms with Gasteiger partial charge in [-0.25, -0.2) is 8.42 Å². The smallest absolute Gasteiger partial charge is 0.223 e. The van der Waals surface area contributed by atoms with Crippen LogP contribution in [-0.4, -0.2) is 48.6 Å². The first kappa shape index (κ1) is 21.3. The summed E-state index contributed by atoms with van der Waals surface area (Å²) >= 11 is 1.93. The fourth-order valence-electron chi connectivity index (χ4n) is 3.15. The van der Waals surface area contributed by atoms with Gasteiger partial charge in [0.15, 0.2) is 9.84 Å². The van der Waals surface area contributed by atoms with Crippen LogP contribution in [0.1, 0.15) is 52.0 Å². The standard InChI is InChI=1S/C20H31NO3S2/c1-20(2,3)25-15-17-7-5-6-14-21(17)19(22)13-10-16-8-11-18(12-9-16)26(4,23)24/h8-9,11-12,17H,5-7,10,13-15H2,1-4H3/t17-/m1/s1. The Bertz CT molecular complexity index is 706. The third-order valence-electron chi connectivity index (χ3n) is 4.64. The van der Waals surface area contributed by atoms with Crippen LogP contribution >= 0.6 is 11.8 Å². The van der Waals surface area contributed by atoms with Gasteiger partial charge in [-0.2, -0.15) is 11.8 Å². The molecule has 0 radical (unpaired) electrons. The topological polar surface area (TPSA) is 54.5 Å². The molecule has 1 heterocycles. The summed E-state index contributed by atoms with van der Waals surface area (Å²) in [6.07, 6.45) is 5.72. The maximum Gasteiger partial charge on any atom is 0.223 e. The maximum absolute atomic E-state index is 12.8. The molecule has 1 aromatic carbocycles. The van der Waals surface area contributed by atoms with Crippen LogP contribution in [0, 0.1) is 0 Å². The largest absolute Gasteiger partial charge is 0.339 e. The number of aryl methyl sites for hydroxylation is 1. The summed E-state index contributed by atoms with van der Waals surface area (Å²) in [6.45, 7) is 7.51. The number of benzene rings is 1. The summed E-state index contributed by atoms with van der Waals surface area (Å²) in [4.78, 5) is 15.2. The molecule has 2 rings (SSSR count). The van der Waals surface area contributed by atoms with E-state index < -0.39 is 9.84 Å². The maximum atomic E-state index is 12.8. The van der Waals surface area contributed by atoms with Gasteiger partial charge in [-0.3, -0.25) is 4.79 Å². The highest BCUT2D eigenvalue weighted by molar-refractivity contribution is 8.00. The van der Waals surface area contributed by atoms with Crippen LogP contribution in [0.5, 0.6) is 0 Å². The second kappa shape index (κ2) is 8.79. The van der Waals surface area contributed by atoms with Crippen LogP contribution < -0.4 is 0 Å². The summed E-state index contributed by atoms with van der Waals surface area (Å²) in [6, 6.07) is 7.21. The van der Waals surface area contributed by atoms with Crippen molar-refractivity contribution < 1.29 is 13.2 Å². The molecule has 0 bridgehead atoms. The van der Waals surface area contributed by atoms with Gasteiger partial charge in [-0.05, 0) is 43.4 Å². The van der Waals surface area contributed by atoms with Crippen LogP contribution in [-0.2, 0) is 21.1 Å². The zero-order valence-corrected chi connectivity index (χ0v) is 18.0. The molecule has 26 heavy (non-hydrogen) atoms. The number of carbonyl (C=O) groups excluding carboxylic acids is 1. The van der Waals surface area contributed by atoms with Crippen LogP contribution in [0.25, 0.3) is 0 Å². The molecule has 0 aliphatic carbocycles.